The standard InChI is InChI=1S/2C29H37.C3H6.2ClH.Hf/c2*1-28(2,3)24-16-23(17-25(19-24)29(4,5)6)26-14-10-13-21-15-22(18-27(21)26)20-11-8-7-9-12-20;1-3-2;;;/h2*10,13-20H,7-9,11-12H2,1-6H3;1-3H2;2*1H;/q;;;;;+2/p-2. The van der Waals surface area contributed by atoms with Crippen molar-refractivity contribution in [2.75, 3.05) is 0 Å². The van der Waals surface area contributed by atoms with Gasteiger partial charge in [0, 0.05) is 0 Å². The molecule has 3 heteroatoms. The molecule has 2 saturated carbocycles. The van der Waals surface area contributed by atoms with Crippen LogP contribution in [0.2, 0.25) is 8.35 Å². The molecule has 5 aliphatic rings. The number of allylic oxidation sites excluding steroid dienone is 2. The van der Waals surface area contributed by atoms with Crippen LogP contribution in [-0.2, 0) is 41.6 Å². The zero-order valence-electron chi connectivity index (χ0n) is 41.8. The first-order valence-corrected chi connectivity index (χ1v) is 34.5. The molecule has 0 radical (unpaired) electrons. The van der Waals surface area contributed by atoms with Gasteiger partial charge in [0.1, 0.15) is 0 Å². The molecule has 2 unspecified atom stereocenters. The summed E-state index contributed by atoms with van der Waals surface area (Å²) in [7, 11) is 0. The van der Waals surface area contributed by atoms with Crippen LogP contribution in [0.3, 0.4) is 0 Å². The molecule has 4 aromatic rings. The summed E-state index contributed by atoms with van der Waals surface area (Å²) in [5, 5.41) is 0. The van der Waals surface area contributed by atoms with Crippen LogP contribution in [0.4, 0.5) is 0 Å². The molecule has 0 spiro atoms. The van der Waals surface area contributed by atoms with Crippen LogP contribution in [0.5, 0.6) is 0 Å². The smallest absolute Gasteiger partial charge is 1.00 e. The van der Waals surface area contributed by atoms with Gasteiger partial charge in [-0.05, 0) is 0 Å². The molecular formula is C61H80Cl2Hf. The fourth-order valence-electron chi connectivity index (χ4n) is 12.8. The number of hydrogen-bond donors (Lipinski definition) is 0. The van der Waals surface area contributed by atoms with Crippen molar-refractivity contribution in [3.05, 3.63) is 128 Å². The van der Waals surface area contributed by atoms with E-state index >= 15 is 0 Å². The second-order valence-electron chi connectivity index (χ2n) is 25.1. The van der Waals surface area contributed by atoms with Gasteiger partial charge in [0.25, 0.3) is 0 Å². The van der Waals surface area contributed by atoms with E-state index < -0.39 is 20.0 Å². The molecule has 0 aromatic heterocycles. The van der Waals surface area contributed by atoms with E-state index in [0.29, 0.717) is 7.35 Å². The molecular weight excluding hydrogens is 982 g/mol. The van der Waals surface area contributed by atoms with Gasteiger partial charge in [0.15, 0.2) is 0 Å². The summed E-state index contributed by atoms with van der Waals surface area (Å²) in [6.45, 7) is 28.8. The van der Waals surface area contributed by atoms with Crippen molar-refractivity contribution in [1.82, 2.24) is 0 Å². The Morgan fingerprint density at radius 1 is 0.406 bits per heavy atom. The Bertz CT molecular complexity index is 2170. The van der Waals surface area contributed by atoms with Gasteiger partial charge in [-0.2, -0.15) is 0 Å². The number of benzene rings is 4. The van der Waals surface area contributed by atoms with Crippen molar-refractivity contribution in [1.29, 1.82) is 0 Å². The zero-order chi connectivity index (χ0) is 44.0. The number of fused-ring (bicyclic) bond motifs is 2. The van der Waals surface area contributed by atoms with Crippen LogP contribution < -0.4 is 24.8 Å². The molecule has 1 saturated heterocycles. The third kappa shape index (κ3) is 9.22. The molecule has 0 amide bonds. The maximum absolute atomic E-state index is 3.35. The quantitative estimate of drug-likeness (QED) is 0.169. The van der Waals surface area contributed by atoms with E-state index in [4.69, 9.17) is 0 Å². The van der Waals surface area contributed by atoms with E-state index in [0.717, 1.165) is 11.8 Å². The van der Waals surface area contributed by atoms with Crippen molar-refractivity contribution in [2.24, 2.45) is 11.8 Å². The molecule has 3 fully saturated rings. The SMILES string of the molecule is CC(C)(C)c1cc(-c2cccc3c2C=C(C2CCCCC2)[CH]3[Hf+2]2([CH]3C(C4CCCCC4)=Cc4c(-c5cc(C(C)(C)C)cc(C(C)(C)C)c5)cccc43)[CH2]C[CH2]2)cc(C(C)(C)C)c1.[Cl-].[Cl-]. The Hall–Kier alpha value is -2.19. The predicted molar refractivity (Wildman–Crippen MR) is 267 cm³/mol. The Kier molecular flexibility index (Phi) is 14.3. The van der Waals surface area contributed by atoms with E-state index in [1.165, 1.54) is 115 Å². The van der Waals surface area contributed by atoms with Crippen LogP contribution in [-0.4, -0.2) is 0 Å². The Morgan fingerprint density at radius 3 is 1.02 bits per heavy atom. The minimum atomic E-state index is -3.35. The van der Waals surface area contributed by atoms with Crippen molar-refractivity contribution in [3.63, 3.8) is 0 Å². The van der Waals surface area contributed by atoms with Crippen molar-refractivity contribution in [3.8, 4) is 22.3 Å². The minimum Gasteiger partial charge on any atom is -1.00 e. The second-order valence-corrected chi connectivity index (χ2v) is 41.7. The summed E-state index contributed by atoms with van der Waals surface area (Å²) in [5.74, 6) is 1.48. The first-order chi connectivity index (χ1) is 29.2. The van der Waals surface area contributed by atoms with E-state index in [9.17, 15) is 0 Å². The summed E-state index contributed by atoms with van der Waals surface area (Å²) >= 11 is -3.35. The molecule has 1 aliphatic heterocycles. The van der Waals surface area contributed by atoms with E-state index in [2.05, 4.69) is 168 Å². The fraction of sp³-hybridized carbons (Fsp3) is 0.541. The Balaban J connectivity index is 0.00000306. The van der Waals surface area contributed by atoms with Crippen LogP contribution in [0.15, 0.2) is 83.9 Å². The van der Waals surface area contributed by atoms with Gasteiger partial charge in [-0.15, -0.1) is 0 Å². The van der Waals surface area contributed by atoms with Crippen LogP contribution in [0, 0.1) is 11.8 Å². The number of hydrogen-bond acceptors (Lipinski definition) is 0. The molecule has 2 atom stereocenters. The number of halogens is 2. The molecule has 342 valence electrons. The first-order valence-electron chi connectivity index (χ1n) is 25.3. The topological polar surface area (TPSA) is 0 Å². The van der Waals surface area contributed by atoms with Crippen molar-refractivity contribution >= 4 is 12.2 Å². The van der Waals surface area contributed by atoms with E-state index in [1.54, 1.807) is 30.6 Å². The van der Waals surface area contributed by atoms with E-state index in [-0.39, 0.29) is 46.5 Å². The molecule has 0 nitrogen and oxygen atoms in total. The van der Waals surface area contributed by atoms with Gasteiger partial charge in [-0.1, -0.05) is 0 Å². The van der Waals surface area contributed by atoms with Gasteiger partial charge in [-0.25, -0.2) is 0 Å². The molecule has 4 aliphatic carbocycles. The van der Waals surface area contributed by atoms with Crippen molar-refractivity contribution < 1.29 is 44.8 Å². The average Bonchev–Trinajstić information content (AvgIpc) is 3.80. The maximum Gasteiger partial charge on any atom is -1.00 e. The summed E-state index contributed by atoms with van der Waals surface area (Å²) in [6, 6.07) is 30.5. The van der Waals surface area contributed by atoms with Crippen LogP contribution >= 0.6 is 0 Å². The normalized spacial score (nSPS) is 21.0. The zero-order valence-corrected chi connectivity index (χ0v) is 46.9. The van der Waals surface area contributed by atoms with E-state index in [1.807, 2.05) is 11.1 Å². The Morgan fingerprint density at radius 2 is 0.734 bits per heavy atom. The summed E-state index contributed by atoms with van der Waals surface area (Å²) < 4.78 is 4.46. The van der Waals surface area contributed by atoms with Gasteiger partial charge in [-0.3, -0.25) is 0 Å². The maximum atomic E-state index is 2.86. The molecule has 0 bridgehead atoms. The average molecular weight is 1060 g/mol. The summed E-state index contributed by atoms with van der Waals surface area (Å²) in [6.07, 6.45) is 21.1. The van der Waals surface area contributed by atoms with Crippen molar-refractivity contribution in [2.45, 2.75) is 191 Å². The van der Waals surface area contributed by atoms with Gasteiger partial charge < -0.3 is 24.8 Å². The molecule has 4 aromatic carbocycles. The second kappa shape index (κ2) is 18.4. The fourth-order valence-corrected chi connectivity index (χ4v) is 35.7. The van der Waals surface area contributed by atoms with Crippen LogP contribution in [0.25, 0.3) is 34.4 Å². The predicted octanol–water partition coefficient (Wildman–Crippen LogP) is 12.3. The summed E-state index contributed by atoms with van der Waals surface area (Å²) in [5.41, 5.74) is 22.5. The number of rotatable bonds is 6. The van der Waals surface area contributed by atoms with Gasteiger partial charge in [0.2, 0.25) is 0 Å². The molecule has 1 heterocycles. The minimum absolute atomic E-state index is 0. The Labute approximate surface area is 407 Å². The molecule has 0 N–H and O–H groups in total. The van der Waals surface area contributed by atoms with Gasteiger partial charge in [0.05, 0.1) is 0 Å². The third-order valence-corrected chi connectivity index (χ3v) is 38.9. The van der Waals surface area contributed by atoms with Crippen LogP contribution in [0.1, 0.15) is 206 Å². The molecule has 9 rings (SSSR count). The first kappa shape index (κ1) is 49.7. The summed E-state index contributed by atoms with van der Waals surface area (Å²) in [4.78, 5) is 0. The largest absolute Gasteiger partial charge is 1.00 e. The molecule has 64 heavy (non-hydrogen) atoms. The monoisotopic (exact) mass is 1060 g/mol. The van der Waals surface area contributed by atoms with Gasteiger partial charge >= 0.3 is 386 Å². The third-order valence-electron chi connectivity index (χ3n) is 16.7.